The van der Waals surface area contributed by atoms with Gasteiger partial charge in [0.05, 0.1) is 5.92 Å². The first-order chi connectivity index (χ1) is 12.1. The van der Waals surface area contributed by atoms with Crippen LogP contribution in [0.15, 0.2) is 0 Å². The molecule has 1 unspecified atom stereocenters. The number of likely N-dealkylation sites (tertiary alicyclic amines) is 2. The van der Waals surface area contributed by atoms with Crippen LogP contribution in [0.5, 0.6) is 0 Å². The van der Waals surface area contributed by atoms with Gasteiger partial charge in [0, 0.05) is 64.0 Å². The standard InChI is InChI=1S/C18H27N5O2/c1-21-15-6-7-19-11-14(15)16(20-21)18(25)23-10-4-5-13(12-23)17(24)22-8-2-3-9-22/h13,19H,2-12H2,1H3. The molecule has 136 valence electrons. The topological polar surface area (TPSA) is 70.5 Å². The number of aryl methyl sites for hydroxylation is 1. The van der Waals surface area contributed by atoms with Crippen molar-refractivity contribution in [1.82, 2.24) is 24.9 Å². The van der Waals surface area contributed by atoms with Crippen LogP contribution in [0, 0.1) is 5.92 Å². The Kier molecular flexibility index (Phi) is 4.50. The van der Waals surface area contributed by atoms with Gasteiger partial charge in [-0.25, -0.2) is 0 Å². The highest BCUT2D eigenvalue weighted by molar-refractivity contribution is 5.94. The largest absolute Gasteiger partial charge is 0.342 e. The Balaban J connectivity index is 1.49. The summed E-state index contributed by atoms with van der Waals surface area (Å²) in [6.07, 6.45) is 4.90. The molecule has 1 atom stereocenters. The zero-order chi connectivity index (χ0) is 17.4. The summed E-state index contributed by atoms with van der Waals surface area (Å²) in [5.41, 5.74) is 2.76. The summed E-state index contributed by atoms with van der Waals surface area (Å²) < 4.78 is 1.85. The number of carbonyl (C=O) groups is 2. The van der Waals surface area contributed by atoms with Gasteiger partial charge in [-0.1, -0.05) is 0 Å². The zero-order valence-corrected chi connectivity index (χ0v) is 15.0. The molecule has 1 aromatic rings. The lowest BCUT2D eigenvalue weighted by molar-refractivity contribution is -0.135. The second-order valence-electron chi connectivity index (χ2n) is 7.45. The molecule has 25 heavy (non-hydrogen) atoms. The number of amides is 2. The van der Waals surface area contributed by atoms with Crippen LogP contribution in [0.2, 0.25) is 0 Å². The Morgan fingerprint density at radius 2 is 1.88 bits per heavy atom. The number of carbonyl (C=O) groups excluding carboxylic acids is 2. The SMILES string of the molecule is Cn1nc(C(=O)N2CCCC(C(=O)N3CCCC3)C2)c2c1CCNC2. The molecular formula is C18H27N5O2. The van der Waals surface area contributed by atoms with Crippen LogP contribution < -0.4 is 5.32 Å². The summed E-state index contributed by atoms with van der Waals surface area (Å²) in [7, 11) is 1.91. The zero-order valence-electron chi connectivity index (χ0n) is 15.0. The van der Waals surface area contributed by atoms with Gasteiger partial charge in [0.15, 0.2) is 5.69 Å². The fraction of sp³-hybridized carbons (Fsp3) is 0.722. The van der Waals surface area contributed by atoms with Crippen molar-refractivity contribution < 1.29 is 9.59 Å². The van der Waals surface area contributed by atoms with E-state index in [9.17, 15) is 9.59 Å². The molecule has 0 aliphatic carbocycles. The molecule has 7 heteroatoms. The molecule has 2 amide bonds. The summed E-state index contributed by atoms with van der Waals surface area (Å²) in [5.74, 6) is 0.174. The molecule has 4 rings (SSSR count). The molecule has 7 nitrogen and oxygen atoms in total. The summed E-state index contributed by atoms with van der Waals surface area (Å²) >= 11 is 0. The van der Waals surface area contributed by atoms with E-state index in [4.69, 9.17) is 0 Å². The summed E-state index contributed by atoms with van der Waals surface area (Å²) in [5, 5.41) is 7.84. The fourth-order valence-electron chi connectivity index (χ4n) is 4.40. The maximum atomic E-state index is 13.1. The van der Waals surface area contributed by atoms with Gasteiger partial charge in [-0.2, -0.15) is 5.10 Å². The van der Waals surface area contributed by atoms with E-state index < -0.39 is 0 Å². The number of nitrogens with one attached hydrogen (secondary N) is 1. The quantitative estimate of drug-likeness (QED) is 0.849. The van der Waals surface area contributed by atoms with E-state index in [1.165, 1.54) is 0 Å². The third kappa shape index (κ3) is 3.05. The van der Waals surface area contributed by atoms with Crippen LogP contribution in [0.3, 0.4) is 0 Å². The van der Waals surface area contributed by atoms with Gasteiger partial charge >= 0.3 is 0 Å². The molecule has 2 saturated heterocycles. The van der Waals surface area contributed by atoms with Crippen molar-refractivity contribution in [3.8, 4) is 0 Å². The third-order valence-corrected chi connectivity index (χ3v) is 5.79. The fourth-order valence-corrected chi connectivity index (χ4v) is 4.40. The van der Waals surface area contributed by atoms with E-state index in [1.54, 1.807) is 0 Å². The minimum absolute atomic E-state index is 0.0144. The molecule has 1 N–H and O–H groups in total. The first-order valence-corrected chi connectivity index (χ1v) is 9.48. The van der Waals surface area contributed by atoms with E-state index >= 15 is 0 Å². The number of hydrogen-bond donors (Lipinski definition) is 1. The highest BCUT2D eigenvalue weighted by atomic mass is 16.2. The summed E-state index contributed by atoms with van der Waals surface area (Å²) in [4.78, 5) is 29.6. The number of hydrogen-bond acceptors (Lipinski definition) is 4. The normalized spacial score (nSPS) is 23.6. The molecule has 0 bridgehead atoms. The van der Waals surface area contributed by atoms with E-state index in [1.807, 2.05) is 21.5 Å². The van der Waals surface area contributed by atoms with Gasteiger partial charge in [0.1, 0.15) is 0 Å². The maximum absolute atomic E-state index is 13.1. The van der Waals surface area contributed by atoms with Crippen LogP contribution in [0.4, 0.5) is 0 Å². The Labute approximate surface area is 148 Å². The van der Waals surface area contributed by atoms with Gasteiger partial charge in [0.25, 0.3) is 5.91 Å². The van der Waals surface area contributed by atoms with Crippen molar-refractivity contribution in [2.24, 2.45) is 13.0 Å². The van der Waals surface area contributed by atoms with Gasteiger partial charge in [-0.15, -0.1) is 0 Å². The Bertz CT molecular complexity index is 677. The number of fused-ring (bicyclic) bond motifs is 1. The monoisotopic (exact) mass is 345 g/mol. The summed E-state index contributed by atoms with van der Waals surface area (Å²) in [6, 6.07) is 0. The average Bonchev–Trinajstić information content (AvgIpc) is 3.30. The molecule has 0 aromatic carbocycles. The Morgan fingerprint density at radius 1 is 1.12 bits per heavy atom. The van der Waals surface area contributed by atoms with Crippen LogP contribution in [-0.4, -0.2) is 64.1 Å². The van der Waals surface area contributed by atoms with E-state index in [2.05, 4.69) is 10.4 Å². The maximum Gasteiger partial charge on any atom is 0.274 e. The Morgan fingerprint density at radius 3 is 2.68 bits per heavy atom. The van der Waals surface area contributed by atoms with Crippen LogP contribution in [0.25, 0.3) is 0 Å². The molecule has 3 aliphatic rings. The van der Waals surface area contributed by atoms with E-state index in [0.717, 1.165) is 69.5 Å². The van der Waals surface area contributed by atoms with Crippen LogP contribution >= 0.6 is 0 Å². The second kappa shape index (κ2) is 6.78. The number of rotatable bonds is 2. The Hall–Kier alpha value is -1.89. The third-order valence-electron chi connectivity index (χ3n) is 5.79. The number of aromatic nitrogens is 2. The average molecular weight is 345 g/mol. The van der Waals surface area contributed by atoms with Gasteiger partial charge in [-0.3, -0.25) is 14.3 Å². The molecule has 0 radical (unpaired) electrons. The van der Waals surface area contributed by atoms with Crippen molar-refractivity contribution >= 4 is 11.8 Å². The van der Waals surface area contributed by atoms with Crippen molar-refractivity contribution in [3.63, 3.8) is 0 Å². The molecule has 4 heterocycles. The van der Waals surface area contributed by atoms with Crippen molar-refractivity contribution in [3.05, 3.63) is 17.0 Å². The molecule has 1 aromatic heterocycles. The molecule has 0 spiro atoms. The first kappa shape index (κ1) is 16.6. The van der Waals surface area contributed by atoms with Crippen molar-refractivity contribution in [1.29, 1.82) is 0 Å². The highest BCUT2D eigenvalue weighted by Crippen LogP contribution is 2.24. The lowest BCUT2D eigenvalue weighted by Crippen LogP contribution is -2.46. The van der Waals surface area contributed by atoms with Crippen LogP contribution in [0.1, 0.15) is 47.4 Å². The number of nitrogens with zero attached hydrogens (tertiary/aromatic N) is 4. The minimum Gasteiger partial charge on any atom is -0.342 e. The number of piperidine rings is 1. The molecule has 0 saturated carbocycles. The second-order valence-corrected chi connectivity index (χ2v) is 7.45. The predicted octanol–water partition coefficient (Wildman–Crippen LogP) is 0.540. The lowest BCUT2D eigenvalue weighted by Gasteiger charge is -2.33. The summed E-state index contributed by atoms with van der Waals surface area (Å²) in [6.45, 7) is 4.64. The predicted molar refractivity (Wildman–Crippen MR) is 93.1 cm³/mol. The van der Waals surface area contributed by atoms with Gasteiger partial charge < -0.3 is 15.1 Å². The van der Waals surface area contributed by atoms with Crippen LogP contribution in [-0.2, 0) is 24.8 Å². The van der Waals surface area contributed by atoms with Crippen molar-refractivity contribution in [2.45, 2.75) is 38.6 Å². The van der Waals surface area contributed by atoms with Crippen molar-refractivity contribution in [2.75, 3.05) is 32.7 Å². The van der Waals surface area contributed by atoms with Gasteiger partial charge in [0.2, 0.25) is 5.91 Å². The highest BCUT2D eigenvalue weighted by Gasteiger charge is 2.34. The van der Waals surface area contributed by atoms with E-state index in [-0.39, 0.29) is 17.7 Å². The minimum atomic E-state index is -0.0477. The lowest BCUT2D eigenvalue weighted by atomic mass is 9.96. The molecular weight excluding hydrogens is 318 g/mol. The smallest absolute Gasteiger partial charge is 0.274 e. The first-order valence-electron chi connectivity index (χ1n) is 9.48. The molecule has 2 fully saturated rings. The van der Waals surface area contributed by atoms with Gasteiger partial charge in [-0.05, 0) is 25.7 Å². The molecule has 3 aliphatic heterocycles. The van der Waals surface area contributed by atoms with E-state index in [0.29, 0.717) is 18.8 Å².